The fourth-order valence-electron chi connectivity index (χ4n) is 4.06. The van der Waals surface area contributed by atoms with Gasteiger partial charge in [0.05, 0.1) is 0 Å². The van der Waals surface area contributed by atoms with Crippen LogP contribution in [0.4, 0.5) is 0 Å². The summed E-state index contributed by atoms with van der Waals surface area (Å²) in [6, 6.07) is 36.1. The number of hydrogen-bond donors (Lipinski definition) is 2. The molecule has 5 aromatic rings. The molecule has 10 heteroatoms. The third kappa shape index (κ3) is 8.06. The van der Waals surface area contributed by atoms with Gasteiger partial charge >= 0.3 is 0 Å². The van der Waals surface area contributed by atoms with Crippen molar-refractivity contribution in [3.8, 4) is 0 Å². The second-order valence-electron chi connectivity index (χ2n) is 9.31. The number of carbonyl (C=O) groups is 4. The van der Waals surface area contributed by atoms with Crippen molar-refractivity contribution in [1.82, 2.24) is 20.6 Å². The molecule has 1 heterocycles. The molecular formula is C34H26N4O4S2. The lowest BCUT2D eigenvalue weighted by Crippen LogP contribution is -2.39. The summed E-state index contributed by atoms with van der Waals surface area (Å²) >= 11 is 2.04. The average molecular weight is 619 g/mol. The number of thioether (sulfide) groups is 2. The van der Waals surface area contributed by atoms with Crippen molar-refractivity contribution in [2.45, 2.75) is 20.9 Å². The molecular weight excluding hydrogens is 593 g/mol. The number of Topliss-reactive ketones (excluding diaryl/α,β-unsaturated/α-hetero) is 2. The van der Waals surface area contributed by atoms with Crippen LogP contribution in [-0.2, 0) is 0 Å². The topological polar surface area (TPSA) is 118 Å². The zero-order valence-electron chi connectivity index (χ0n) is 23.2. The summed E-state index contributed by atoms with van der Waals surface area (Å²) in [6.07, 6.45) is 1.50. The Morgan fingerprint density at radius 1 is 0.500 bits per heavy atom. The maximum absolute atomic E-state index is 13.5. The lowest BCUT2D eigenvalue weighted by molar-refractivity contribution is 0.0892. The van der Waals surface area contributed by atoms with Crippen LogP contribution in [0.15, 0.2) is 144 Å². The molecule has 2 N–H and O–H groups in total. The molecule has 0 fully saturated rings. The molecule has 0 saturated carbocycles. The van der Waals surface area contributed by atoms with Gasteiger partial charge in [-0.3, -0.25) is 19.2 Å². The molecule has 0 saturated heterocycles. The minimum absolute atomic E-state index is 0.206. The van der Waals surface area contributed by atoms with Crippen molar-refractivity contribution in [3.05, 3.63) is 156 Å². The van der Waals surface area contributed by atoms with Crippen molar-refractivity contribution in [2.24, 2.45) is 0 Å². The summed E-state index contributed by atoms with van der Waals surface area (Å²) < 4.78 is 0. The lowest BCUT2D eigenvalue weighted by Gasteiger charge is -2.18. The Balaban J connectivity index is 1.39. The summed E-state index contributed by atoms with van der Waals surface area (Å²) in [5, 5.41) is 4.18. The molecule has 0 aliphatic rings. The van der Waals surface area contributed by atoms with E-state index in [9.17, 15) is 19.2 Å². The van der Waals surface area contributed by atoms with Gasteiger partial charge in [-0.2, -0.15) is 0 Å². The molecule has 4 aromatic carbocycles. The second-order valence-corrected chi connectivity index (χ2v) is 11.5. The van der Waals surface area contributed by atoms with E-state index < -0.39 is 22.6 Å². The zero-order valence-corrected chi connectivity index (χ0v) is 24.8. The Kier molecular flexibility index (Phi) is 10.3. The predicted molar refractivity (Wildman–Crippen MR) is 171 cm³/mol. The summed E-state index contributed by atoms with van der Waals surface area (Å²) in [7, 11) is 0. The van der Waals surface area contributed by atoms with Gasteiger partial charge in [0.2, 0.25) is 0 Å². The molecule has 2 atom stereocenters. The molecule has 0 radical (unpaired) electrons. The highest BCUT2D eigenvalue weighted by atomic mass is 32.2. The Bertz CT molecular complexity index is 1610. The normalized spacial score (nSPS) is 12.0. The number of rotatable bonds is 12. The van der Waals surface area contributed by atoms with E-state index in [-0.39, 0.29) is 16.7 Å². The fourth-order valence-corrected chi connectivity index (χ4v) is 5.94. The van der Waals surface area contributed by atoms with Crippen molar-refractivity contribution >= 4 is 46.9 Å². The summed E-state index contributed by atoms with van der Waals surface area (Å²) in [4.78, 5) is 61.9. The largest absolute Gasteiger partial charge is 0.333 e. The Labute approximate surface area is 262 Å². The number of benzene rings is 4. The highest BCUT2D eigenvalue weighted by molar-refractivity contribution is 8.01. The molecule has 0 aliphatic carbocycles. The Morgan fingerprint density at radius 3 is 1.32 bits per heavy atom. The average Bonchev–Trinajstić information content (AvgIpc) is 3.08. The third-order valence-corrected chi connectivity index (χ3v) is 8.27. The fraction of sp³-hybridized carbons (Fsp3) is 0.0588. The van der Waals surface area contributed by atoms with Crippen molar-refractivity contribution in [2.75, 3.05) is 0 Å². The van der Waals surface area contributed by atoms with Crippen molar-refractivity contribution in [1.29, 1.82) is 0 Å². The van der Waals surface area contributed by atoms with Crippen LogP contribution in [0.5, 0.6) is 0 Å². The van der Waals surface area contributed by atoms with Gasteiger partial charge < -0.3 is 10.6 Å². The van der Waals surface area contributed by atoms with E-state index in [0.29, 0.717) is 27.3 Å². The van der Waals surface area contributed by atoms with E-state index in [2.05, 4.69) is 20.6 Å². The third-order valence-electron chi connectivity index (χ3n) is 6.26. The van der Waals surface area contributed by atoms with E-state index >= 15 is 0 Å². The molecule has 0 aliphatic heterocycles. The van der Waals surface area contributed by atoms with E-state index in [1.807, 2.05) is 0 Å². The first kappa shape index (κ1) is 30.4. The first-order valence-corrected chi connectivity index (χ1v) is 15.3. The zero-order chi connectivity index (χ0) is 30.7. The van der Waals surface area contributed by atoms with Gasteiger partial charge in [0, 0.05) is 28.5 Å². The molecule has 0 bridgehead atoms. The number of aromatic nitrogens is 2. The number of hydrogen-bond acceptors (Lipinski definition) is 8. The van der Waals surface area contributed by atoms with Crippen LogP contribution in [0.3, 0.4) is 0 Å². The van der Waals surface area contributed by atoms with E-state index in [0.717, 1.165) is 23.5 Å². The monoisotopic (exact) mass is 618 g/mol. The van der Waals surface area contributed by atoms with E-state index in [1.165, 1.54) is 6.20 Å². The van der Waals surface area contributed by atoms with Gasteiger partial charge in [0.1, 0.15) is 15.8 Å². The summed E-state index contributed by atoms with van der Waals surface area (Å²) in [5.41, 5.74) is 1.66. The van der Waals surface area contributed by atoms with Crippen LogP contribution in [0.25, 0.3) is 0 Å². The lowest BCUT2D eigenvalue weighted by atomic mass is 10.1. The maximum Gasteiger partial charge on any atom is 0.252 e. The SMILES string of the molecule is O=C(N[C@@H](Sc1ccnc(S[C@H](NC(=O)c2ccccc2)C(=O)c2ccccc2)n1)C(=O)c1ccccc1)c1ccccc1. The van der Waals surface area contributed by atoms with E-state index in [1.54, 1.807) is 127 Å². The minimum atomic E-state index is -1.04. The number of ketones is 2. The summed E-state index contributed by atoms with van der Waals surface area (Å²) in [6.45, 7) is 0. The minimum Gasteiger partial charge on any atom is -0.333 e. The molecule has 1 aromatic heterocycles. The van der Waals surface area contributed by atoms with Gasteiger partial charge in [-0.05, 0) is 30.3 Å². The smallest absolute Gasteiger partial charge is 0.252 e. The van der Waals surface area contributed by atoms with Gasteiger partial charge in [-0.1, -0.05) is 121 Å². The Hall–Kier alpha value is -5.06. The van der Waals surface area contributed by atoms with Crippen molar-refractivity contribution < 1.29 is 19.2 Å². The van der Waals surface area contributed by atoms with Crippen molar-refractivity contribution in [3.63, 3.8) is 0 Å². The highest BCUT2D eigenvalue weighted by Crippen LogP contribution is 2.27. The van der Waals surface area contributed by atoms with Crippen LogP contribution in [0.1, 0.15) is 41.4 Å². The molecule has 5 rings (SSSR count). The standard InChI is InChI=1S/C34H26N4O4S2/c39-28(23-13-5-1-6-14-23)32(37-30(41)25-17-9-3-10-18-25)43-27-21-22-35-34(36-27)44-33(29(40)24-15-7-2-8-16-24)38-31(42)26-19-11-4-12-20-26/h1-22,32-33H,(H,37,41)(H,38,42)/t32-,33-/m0/s1. The van der Waals surface area contributed by atoms with Crippen LogP contribution in [0, 0.1) is 0 Å². The van der Waals surface area contributed by atoms with Gasteiger partial charge in [0.25, 0.3) is 11.8 Å². The summed E-state index contributed by atoms with van der Waals surface area (Å²) in [5.74, 6) is -1.46. The maximum atomic E-state index is 13.5. The van der Waals surface area contributed by atoms with Crippen LogP contribution in [0.2, 0.25) is 0 Å². The Morgan fingerprint density at radius 2 is 0.886 bits per heavy atom. The predicted octanol–water partition coefficient (Wildman–Crippen LogP) is 5.94. The molecule has 8 nitrogen and oxygen atoms in total. The number of carbonyl (C=O) groups excluding carboxylic acids is 4. The number of amides is 2. The quantitative estimate of drug-likeness (QED) is 0.0580. The molecule has 2 amide bonds. The van der Waals surface area contributed by atoms with E-state index in [4.69, 9.17) is 0 Å². The van der Waals surface area contributed by atoms with Gasteiger partial charge in [-0.25, -0.2) is 9.97 Å². The highest BCUT2D eigenvalue weighted by Gasteiger charge is 2.27. The van der Waals surface area contributed by atoms with Crippen LogP contribution >= 0.6 is 23.5 Å². The molecule has 0 spiro atoms. The first-order valence-electron chi connectivity index (χ1n) is 13.5. The van der Waals surface area contributed by atoms with Gasteiger partial charge in [0.15, 0.2) is 16.7 Å². The molecule has 0 unspecified atom stereocenters. The number of nitrogens with zero attached hydrogens (tertiary/aromatic N) is 2. The van der Waals surface area contributed by atoms with Gasteiger partial charge in [-0.15, -0.1) is 0 Å². The molecule has 218 valence electrons. The second kappa shape index (κ2) is 14.9. The number of nitrogens with one attached hydrogen (secondary N) is 2. The molecule has 44 heavy (non-hydrogen) atoms. The first-order chi connectivity index (χ1) is 21.5. The van der Waals surface area contributed by atoms with Crippen LogP contribution in [-0.4, -0.2) is 44.1 Å². The van der Waals surface area contributed by atoms with Crippen LogP contribution < -0.4 is 10.6 Å².